The van der Waals surface area contributed by atoms with E-state index in [-0.39, 0.29) is 5.91 Å². The van der Waals surface area contributed by atoms with Crippen molar-refractivity contribution >= 4 is 11.7 Å². The van der Waals surface area contributed by atoms with Crippen molar-refractivity contribution in [2.75, 3.05) is 12.0 Å². The van der Waals surface area contributed by atoms with Crippen LogP contribution >= 0.6 is 0 Å². The van der Waals surface area contributed by atoms with E-state index in [9.17, 15) is 4.79 Å². The minimum atomic E-state index is -0.0520. The van der Waals surface area contributed by atoms with Crippen LogP contribution in [0.5, 0.6) is 0 Å². The minimum Gasteiger partial charge on any atom is -0.333 e. The third-order valence-electron chi connectivity index (χ3n) is 3.76. The molecule has 3 rings (SSSR count). The first-order valence-corrected chi connectivity index (χ1v) is 7.07. The number of nitrogens with one attached hydrogen (secondary N) is 1. The normalized spacial score (nSPS) is 14.2. The summed E-state index contributed by atoms with van der Waals surface area (Å²) in [6.07, 6.45) is 1.98. The van der Waals surface area contributed by atoms with Gasteiger partial charge < -0.3 is 10.3 Å². The van der Waals surface area contributed by atoms with Gasteiger partial charge in [0.1, 0.15) is 11.5 Å². The van der Waals surface area contributed by atoms with Gasteiger partial charge in [-0.3, -0.25) is 4.79 Å². The highest BCUT2D eigenvalue weighted by Gasteiger charge is 2.21. The Morgan fingerprint density at radius 2 is 1.95 bits per heavy atom. The van der Waals surface area contributed by atoms with E-state index in [1.165, 1.54) is 11.1 Å². The molecule has 0 saturated carbocycles. The number of aryl methyl sites for hydroxylation is 1. The number of pyridine rings is 1. The van der Waals surface area contributed by atoms with Crippen LogP contribution in [0.4, 0.5) is 5.82 Å². The van der Waals surface area contributed by atoms with Crippen LogP contribution < -0.4 is 11.3 Å². The Hall–Kier alpha value is -2.40. The van der Waals surface area contributed by atoms with Gasteiger partial charge in [-0.1, -0.05) is 30.3 Å². The van der Waals surface area contributed by atoms with E-state index in [4.69, 9.17) is 5.84 Å². The summed E-state index contributed by atoms with van der Waals surface area (Å²) in [6, 6.07) is 13.5. The molecule has 1 amide bonds. The van der Waals surface area contributed by atoms with Crippen LogP contribution in [0, 0.1) is 0 Å². The molecule has 3 N–H and O–H groups in total. The number of hydrazine groups is 1. The van der Waals surface area contributed by atoms with Crippen molar-refractivity contribution in [1.82, 2.24) is 9.88 Å². The Bertz CT molecular complexity index is 656. The molecule has 2 aromatic rings. The van der Waals surface area contributed by atoms with Gasteiger partial charge in [0, 0.05) is 13.1 Å². The Morgan fingerprint density at radius 3 is 2.76 bits per heavy atom. The van der Waals surface area contributed by atoms with Gasteiger partial charge in [0.25, 0.3) is 5.91 Å². The third kappa shape index (κ3) is 2.87. The molecule has 0 saturated heterocycles. The summed E-state index contributed by atoms with van der Waals surface area (Å²) in [7, 11) is 0. The first-order valence-electron chi connectivity index (χ1n) is 7.07. The van der Waals surface area contributed by atoms with Crippen molar-refractivity contribution in [1.29, 1.82) is 0 Å². The lowest BCUT2D eigenvalue weighted by Gasteiger charge is -2.20. The maximum absolute atomic E-state index is 12.6. The molecule has 0 atom stereocenters. The first-order chi connectivity index (χ1) is 10.3. The fraction of sp³-hybridized carbons (Fsp3) is 0.250. The van der Waals surface area contributed by atoms with Gasteiger partial charge in [-0.15, -0.1) is 0 Å². The van der Waals surface area contributed by atoms with E-state index in [1.807, 2.05) is 17.0 Å². The number of hydrogen-bond acceptors (Lipinski definition) is 4. The van der Waals surface area contributed by atoms with Crippen molar-refractivity contribution in [3.63, 3.8) is 0 Å². The average Bonchev–Trinajstić information content (AvgIpc) is 2.76. The molecule has 0 bridgehead atoms. The number of amides is 1. The van der Waals surface area contributed by atoms with Gasteiger partial charge in [-0.2, -0.15) is 0 Å². The monoisotopic (exact) mass is 282 g/mol. The summed E-state index contributed by atoms with van der Waals surface area (Å²) in [5.74, 6) is 5.79. The van der Waals surface area contributed by atoms with Crippen molar-refractivity contribution in [3.8, 4) is 0 Å². The zero-order chi connectivity index (χ0) is 14.7. The molecular formula is C16H18N4O. The lowest BCUT2D eigenvalue weighted by molar-refractivity contribution is 0.0740. The van der Waals surface area contributed by atoms with E-state index >= 15 is 0 Å². The molecule has 21 heavy (non-hydrogen) atoms. The van der Waals surface area contributed by atoms with E-state index < -0.39 is 0 Å². The van der Waals surface area contributed by atoms with E-state index in [1.54, 1.807) is 18.2 Å². The number of aromatic nitrogens is 1. The standard InChI is InChI=1S/C16H18N4O/c17-19-15-9-3-8-14(18-15)16(21)20-10-4-7-12-5-1-2-6-13(12)11-20/h1-3,5-6,8-9H,4,7,10-11,17H2,(H,18,19). The van der Waals surface area contributed by atoms with Crippen LogP contribution in [-0.2, 0) is 13.0 Å². The second-order valence-corrected chi connectivity index (χ2v) is 5.15. The summed E-state index contributed by atoms with van der Waals surface area (Å²) in [4.78, 5) is 18.7. The van der Waals surface area contributed by atoms with Gasteiger partial charge in [-0.25, -0.2) is 10.8 Å². The average molecular weight is 282 g/mol. The van der Waals surface area contributed by atoms with E-state index in [2.05, 4.69) is 22.5 Å². The van der Waals surface area contributed by atoms with Crippen molar-refractivity contribution in [2.45, 2.75) is 19.4 Å². The number of carbonyl (C=O) groups excluding carboxylic acids is 1. The molecule has 0 radical (unpaired) electrons. The molecule has 1 aliphatic heterocycles. The Balaban J connectivity index is 1.84. The highest BCUT2D eigenvalue weighted by atomic mass is 16.2. The van der Waals surface area contributed by atoms with Crippen molar-refractivity contribution < 1.29 is 4.79 Å². The summed E-state index contributed by atoms with van der Waals surface area (Å²) >= 11 is 0. The second-order valence-electron chi connectivity index (χ2n) is 5.15. The van der Waals surface area contributed by atoms with E-state index in [0.717, 1.165) is 19.4 Å². The molecule has 0 unspecified atom stereocenters. The number of carbonyl (C=O) groups is 1. The number of nitrogens with two attached hydrogens (primary N) is 1. The van der Waals surface area contributed by atoms with Gasteiger partial charge in [0.15, 0.2) is 0 Å². The molecule has 1 aromatic carbocycles. The van der Waals surface area contributed by atoms with Gasteiger partial charge in [0.2, 0.25) is 0 Å². The van der Waals surface area contributed by atoms with Gasteiger partial charge >= 0.3 is 0 Å². The second kappa shape index (κ2) is 5.93. The van der Waals surface area contributed by atoms with Crippen LogP contribution in [0.2, 0.25) is 0 Å². The third-order valence-corrected chi connectivity index (χ3v) is 3.76. The lowest BCUT2D eigenvalue weighted by atomic mass is 10.0. The van der Waals surface area contributed by atoms with Crippen LogP contribution in [-0.4, -0.2) is 22.3 Å². The molecule has 1 aromatic heterocycles. The number of nitrogen functional groups attached to an aromatic ring is 1. The number of nitrogens with zero attached hydrogens (tertiary/aromatic N) is 2. The maximum Gasteiger partial charge on any atom is 0.272 e. The predicted octanol–water partition coefficient (Wildman–Crippen LogP) is 1.96. The molecular weight excluding hydrogens is 264 g/mol. The highest BCUT2D eigenvalue weighted by Crippen LogP contribution is 2.20. The van der Waals surface area contributed by atoms with Gasteiger partial charge in [-0.05, 0) is 36.1 Å². The summed E-state index contributed by atoms with van der Waals surface area (Å²) in [6.45, 7) is 1.38. The van der Waals surface area contributed by atoms with Crippen LogP contribution in [0.3, 0.4) is 0 Å². The number of hydrogen-bond donors (Lipinski definition) is 2. The molecule has 1 aliphatic rings. The minimum absolute atomic E-state index is 0.0520. The van der Waals surface area contributed by atoms with Crippen LogP contribution in [0.1, 0.15) is 28.0 Å². The quantitative estimate of drug-likeness (QED) is 0.652. The van der Waals surface area contributed by atoms with Crippen LogP contribution in [0.25, 0.3) is 0 Å². The van der Waals surface area contributed by atoms with Crippen molar-refractivity contribution in [3.05, 3.63) is 59.3 Å². The summed E-state index contributed by atoms with van der Waals surface area (Å²) in [5, 5.41) is 0. The molecule has 108 valence electrons. The summed E-state index contributed by atoms with van der Waals surface area (Å²) < 4.78 is 0. The number of anilines is 1. The molecule has 0 fully saturated rings. The highest BCUT2D eigenvalue weighted by molar-refractivity contribution is 5.92. The fourth-order valence-electron chi connectivity index (χ4n) is 2.67. The van der Waals surface area contributed by atoms with E-state index in [0.29, 0.717) is 18.1 Å². The smallest absolute Gasteiger partial charge is 0.272 e. The van der Waals surface area contributed by atoms with Crippen molar-refractivity contribution in [2.24, 2.45) is 5.84 Å². The number of fused-ring (bicyclic) bond motifs is 1. The zero-order valence-corrected chi connectivity index (χ0v) is 11.7. The number of rotatable bonds is 2. The number of benzene rings is 1. The fourth-order valence-corrected chi connectivity index (χ4v) is 2.67. The molecule has 2 heterocycles. The topological polar surface area (TPSA) is 71.2 Å². The summed E-state index contributed by atoms with van der Waals surface area (Å²) in [5.41, 5.74) is 5.44. The Morgan fingerprint density at radius 1 is 1.14 bits per heavy atom. The lowest BCUT2D eigenvalue weighted by Crippen LogP contribution is -2.31. The Labute approximate surface area is 123 Å². The first kappa shape index (κ1) is 13.6. The molecule has 0 aliphatic carbocycles. The van der Waals surface area contributed by atoms with Crippen LogP contribution in [0.15, 0.2) is 42.5 Å². The largest absolute Gasteiger partial charge is 0.333 e. The predicted molar refractivity (Wildman–Crippen MR) is 81.6 cm³/mol. The zero-order valence-electron chi connectivity index (χ0n) is 11.7. The molecule has 5 nitrogen and oxygen atoms in total. The van der Waals surface area contributed by atoms with Gasteiger partial charge in [0.05, 0.1) is 0 Å². The maximum atomic E-state index is 12.6. The molecule has 0 spiro atoms. The molecule has 5 heteroatoms. The SMILES string of the molecule is NNc1cccc(C(=O)N2CCCc3ccccc3C2)n1. The Kier molecular flexibility index (Phi) is 3.83.